The molecule has 5 nitrogen and oxygen atoms in total. The average molecular weight is 221 g/mol. The van der Waals surface area contributed by atoms with Gasteiger partial charge in [-0.3, -0.25) is 10.4 Å². The maximum atomic E-state index is 8.69. The second-order valence-electron chi connectivity index (χ2n) is 3.07. The summed E-state index contributed by atoms with van der Waals surface area (Å²) >= 11 is 0. The van der Waals surface area contributed by atoms with Crippen molar-refractivity contribution in [2.24, 2.45) is 4.99 Å². The monoisotopic (exact) mass is 221 g/mol. The molecule has 0 radical (unpaired) electrons. The summed E-state index contributed by atoms with van der Waals surface area (Å²) in [6.45, 7) is 0. The molecule has 5 heteroatoms. The molecule has 0 aromatic heterocycles. The van der Waals surface area contributed by atoms with Crippen LogP contribution in [-0.4, -0.2) is 18.0 Å². The third-order valence-electron chi connectivity index (χ3n) is 1.93. The second kappa shape index (κ2) is 5.80. The first-order valence-corrected chi connectivity index (χ1v) is 4.62. The first-order chi connectivity index (χ1) is 8.21. The van der Waals surface area contributed by atoms with Gasteiger partial charge in [-0.2, -0.15) is 15.8 Å². The van der Waals surface area contributed by atoms with Gasteiger partial charge >= 0.3 is 0 Å². The first-order valence-electron chi connectivity index (χ1n) is 4.62. The molecule has 80 valence electrons. The van der Waals surface area contributed by atoms with E-state index in [1.165, 1.54) is 6.21 Å². The number of nitrogens with one attached hydrogen (secondary N) is 1. The van der Waals surface area contributed by atoms with Crippen molar-refractivity contribution in [1.82, 2.24) is 0 Å². The Bertz CT molecular complexity index is 563. The quantitative estimate of drug-likeness (QED) is 0.779. The molecule has 0 aliphatic rings. The van der Waals surface area contributed by atoms with Gasteiger partial charge in [0.1, 0.15) is 11.8 Å². The standard InChI is InChI=1S/C12H7N5/c13-5-9-1-3-10(4-2-9)8-17-12(7-15)11(16)6-14/h1-4,8,12,16H/t12-/m1/s1. The number of aliphatic imine (C=N–C) groups is 1. The molecule has 0 unspecified atom stereocenters. The summed E-state index contributed by atoms with van der Waals surface area (Å²) in [4.78, 5) is 3.82. The van der Waals surface area contributed by atoms with Crippen LogP contribution in [0.4, 0.5) is 0 Å². The van der Waals surface area contributed by atoms with Crippen molar-refractivity contribution >= 4 is 11.9 Å². The topological polar surface area (TPSA) is 108 Å². The second-order valence-corrected chi connectivity index (χ2v) is 3.07. The van der Waals surface area contributed by atoms with Crippen molar-refractivity contribution in [2.75, 3.05) is 0 Å². The Morgan fingerprint density at radius 1 is 1.24 bits per heavy atom. The molecule has 1 aromatic carbocycles. The van der Waals surface area contributed by atoms with Crippen LogP contribution in [0.25, 0.3) is 0 Å². The van der Waals surface area contributed by atoms with E-state index in [1.54, 1.807) is 36.4 Å². The molecular formula is C12H7N5. The van der Waals surface area contributed by atoms with Gasteiger partial charge in [-0.1, -0.05) is 12.1 Å². The van der Waals surface area contributed by atoms with E-state index in [0.29, 0.717) is 11.1 Å². The number of hydrogen-bond donors (Lipinski definition) is 1. The van der Waals surface area contributed by atoms with E-state index in [0.717, 1.165) is 0 Å². The highest BCUT2D eigenvalue weighted by Gasteiger charge is 2.09. The summed E-state index contributed by atoms with van der Waals surface area (Å²) in [5.41, 5.74) is 0.844. The minimum atomic E-state index is -1.07. The Morgan fingerprint density at radius 3 is 2.35 bits per heavy atom. The van der Waals surface area contributed by atoms with Crippen LogP contribution in [0.5, 0.6) is 0 Å². The fourth-order valence-electron chi connectivity index (χ4n) is 1.04. The molecule has 0 bridgehead atoms. The minimum Gasteiger partial charge on any atom is -0.291 e. The van der Waals surface area contributed by atoms with Gasteiger partial charge in [-0.15, -0.1) is 0 Å². The minimum absolute atomic E-state index is 0.391. The largest absolute Gasteiger partial charge is 0.291 e. The molecular weight excluding hydrogens is 214 g/mol. The molecule has 1 aromatic rings. The SMILES string of the molecule is N#CC(=N)[C@@H](C#N)N=Cc1ccc(C#N)cc1. The van der Waals surface area contributed by atoms with Crippen LogP contribution >= 0.6 is 0 Å². The molecule has 17 heavy (non-hydrogen) atoms. The van der Waals surface area contributed by atoms with Crippen LogP contribution in [-0.2, 0) is 0 Å². The fourth-order valence-corrected chi connectivity index (χ4v) is 1.04. The predicted octanol–water partition coefficient (Wildman–Crippen LogP) is 1.41. The number of rotatable bonds is 3. The number of hydrogen-bond acceptors (Lipinski definition) is 5. The summed E-state index contributed by atoms with van der Waals surface area (Å²) in [5, 5.41) is 32.9. The van der Waals surface area contributed by atoms with Gasteiger partial charge in [0.2, 0.25) is 0 Å². The van der Waals surface area contributed by atoms with E-state index >= 15 is 0 Å². The molecule has 0 amide bonds. The van der Waals surface area contributed by atoms with Crippen molar-refractivity contribution in [1.29, 1.82) is 21.2 Å². The van der Waals surface area contributed by atoms with Crippen molar-refractivity contribution in [3.63, 3.8) is 0 Å². The zero-order chi connectivity index (χ0) is 12.7. The molecule has 0 saturated carbocycles. The van der Waals surface area contributed by atoms with E-state index in [2.05, 4.69) is 4.99 Å². The van der Waals surface area contributed by atoms with E-state index in [9.17, 15) is 0 Å². The zero-order valence-corrected chi connectivity index (χ0v) is 8.75. The van der Waals surface area contributed by atoms with Crippen LogP contribution in [0.3, 0.4) is 0 Å². The average Bonchev–Trinajstić information content (AvgIpc) is 2.39. The lowest BCUT2D eigenvalue weighted by Crippen LogP contribution is -2.13. The van der Waals surface area contributed by atoms with Gasteiger partial charge < -0.3 is 0 Å². The third-order valence-corrected chi connectivity index (χ3v) is 1.93. The number of benzene rings is 1. The van der Waals surface area contributed by atoms with Gasteiger partial charge in [0, 0.05) is 6.21 Å². The van der Waals surface area contributed by atoms with Gasteiger partial charge in [-0.25, -0.2) is 0 Å². The molecule has 0 aliphatic carbocycles. The predicted molar refractivity (Wildman–Crippen MR) is 61.5 cm³/mol. The lowest BCUT2D eigenvalue weighted by atomic mass is 10.1. The summed E-state index contributed by atoms with van der Waals surface area (Å²) in [6.07, 6.45) is 1.40. The van der Waals surface area contributed by atoms with Crippen molar-refractivity contribution in [3.05, 3.63) is 35.4 Å². The zero-order valence-electron chi connectivity index (χ0n) is 8.75. The van der Waals surface area contributed by atoms with Crippen molar-refractivity contribution < 1.29 is 0 Å². The highest BCUT2D eigenvalue weighted by Crippen LogP contribution is 2.01. The third kappa shape index (κ3) is 3.27. The van der Waals surface area contributed by atoms with Crippen LogP contribution in [0.2, 0.25) is 0 Å². The van der Waals surface area contributed by atoms with Crippen LogP contribution in [0, 0.1) is 39.4 Å². The van der Waals surface area contributed by atoms with Crippen LogP contribution in [0.1, 0.15) is 11.1 Å². The van der Waals surface area contributed by atoms with Gasteiger partial charge in [0.05, 0.1) is 17.7 Å². The molecule has 0 saturated heterocycles. The highest BCUT2D eigenvalue weighted by atomic mass is 14.8. The summed E-state index contributed by atoms with van der Waals surface area (Å²) in [5.74, 6) is 0. The van der Waals surface area contributed by atoms with Gasteiger partial charge in [-0.05, 0) is 17.7 Å². The summed E-state index contributed by atoms with van der Waals surface area (Å²) in [6, 6.07) is 10.8. The summed E-state index contributed by atoms with van der Waals surface area (Å²) in [7, 11) is 0. The van der Waals surface area contributed by atoms with E-state index < -0.39 is 11.8 Å². The lowest BCUT2D eigenvalue weighted by Gasteiger charge is -1.97. The van der Waals surface area contributed by atoms with Gasteiger partial charge in [0.25, 0.3) is 0 Å². The molecule has 0 fully saturated rings. The Kier molecular flexibility index (Phi) is 4.13. The van der Waals surface area contributed by atoms with E-state index in [4.69, 9.17) is 21.2 Å². The first kappa shape index (κ1) is 12.1. The number of nitriles is 3. The maximum absolute atomic E-state index is 8.69. The Balaban J connectivity index is 2.84. The molecule has 1 atom stereocenters. The lowest BCUT2D eigenvalue weighted by molar-refractivity contribution is 1.09. The van der Waals surface area contributed by atoms with E-state index in [1.807, 2.05) is 6.07 Å². The van der Waals surface area contributed by atoms with Gasteiger partial charge in [0.15, 0.2) is 6.04 Å². The molecule has 0 spiro atoms. The Morgan fingerprint density at radius 2 is 1.88 bits per heavy atom. The number of nitrogens with zero attached hydrogens (tertiary/aromatic N) is 4. The highest BCUT2D eigenvalue weighted by molar-refractivity contribution is 6.03. The molecule has 0 heterocycles. The molecule has 0 aliphatic heterocycles. The normalized spacial score (nSPS) is 11.1. The smallest absolute Gasteiger partial charge is 0.187 e. The van der Waals surface area contributed by atoms with Crippen LogP contribution < -0.4 is 0 Å². The van der Waals surface area contributed by atoms with Crippen molar-refractivity contribution in [3.8, 4) is 18.2 Å². The Labute approximate surface area is 98.4 Å². The van der Waals surface area contributed by atoms with Crippen molar-refractivity contribution in [2.45, 2.75) is 6.04 Å². The maximum Gasteiger partial charge on any atom is 0.187 e. The van der Waals surface area contributed by atoms with Crippen LogP contribution in [0.15, 0.2) is 29.3 Å². The Hall–Kier alpha value is -2.97. The molecule has 1 N–H and O–H groups in total. The van der Waals surface area contributed by atoms with E-state index in [-0.39, 0.29) is 0 Å². The molecule has 1 rings (SSSR count). The summed E-state index contributed by atoms with van der Waals surface area (Å²) < 4.78 is 0. The fraction of sp³-hybridized carbons (Fsp3) is 0.0833.